The van der Waals surface area contributed by atoms with Crippen LogP contribution in [0, 0.1) is 11.8 Å². The largest absolute Gasteiger partial charge is 0.0683 e. The normalized spacial score (nSPS) is 9.35. The Hall–Kier alpha value is -0.780. The van der Waals surface area contributed by atoms with E-state index in [1.165, 1.54) is 25.7 Å². The van der Waals surface area contributed by atoms with E-state index in [1.807, 2.05) is 77.9 Å². The van der Waals surface area contributed by atoms with Gasteiger partial charge in [-0.3, -0.25) is 0 Å². The summed E-state index contributed by atoms with van der Waals surface area (Å²) >= 11 is 0. The zero-order valence-electron chi connectivity index (χ0n) is 21.4. The van der Waals surface area contributed by atoms with Crippen molar-refractivity contribution in [3.8, 4) is 0 Å². The Kier molecular flexibility index (Phi) is 86.8. The van der Waals surface area contributed by atoms with Gasteiger partial charge in [0.1, 0.15) is 0 Å². The first-order valence-electron chi connectivity index (χ1n) is 11.5. The maximum atomic E-state index is 2.28. The summed E-state index contributed by atoms with van der Waals surface area (Å²) in [5.74, 6) is 1.92. The molecule has 0 aromatic heterocycles. The van der Waals surface area contributed by atoms with Crippen molar-refractivity contribution in [2.24, 2.45) is 11.8 Å². The van der Waals surface area contributed by atoms with Crippen molar-refractivity contribution in [3.05, 3.63) is 36.4 Å². The summed E-state index contributed by atoms with van der Waals surface area (Å²) in [7, 11) is 0. The van der Waals surface area contributed by atoms with Crippen LogP contribution in [0.15, 0.2) is 36.4 Å². The lowest BCUT2D eigenvalue weighted by Crippen LogP contribution is -1.66. The first kappa shape index (κ1) is 40.0. The van der Waals surface area contributed by atoms with Gasteiger partial charge in [-0.2, -0.15) is 0 Å². The minimum absolute atomic E-state index is 0.833. The zero-order chi connectivity index (χ0) is 22.2. The molecule has 0 atom stereocenters. The molecule has 1 aromatic carbocycles. The molecule has 0 radical (unpaired) electrons. The van der Waals surface area contributed by atoms with Crippen LogP contribution in [0.4, 0.5) is 0 Å². The summed E-state index contributed by atoms with van der Waals surface area (Å²) < 4.78 is 0. The second-order valence-electron chi connectivity index (χ2n) is 5.98. The van der Waals surface area contributed by atoms with Crippen LogP contribution in [0.5, 0.6) is 0 Å². The van der Waals surface area contributed by atoms with Crippen molar-refractivity contribution in [2.75, 3.05) is 0 Å². The molecule has 0 unspecified atom stereocenters. The molecule has 0 spiro atoms. The second-order valence-corrected chi connectivity index (χ2v) is 5.98. The first-order valence-corrected chi connectivity index (χ1v) is 11.5. The molecule has 0 bridgehead atoms. The van der Waals surface area contributed by atoms with Crippen LogP contribution in [-0.4, -0.2) is 0 Å². The molecule has 1 fully saturated rings. The van der Waals surface area contributed by atoms with Gasteiger partial charge in [0.15, 0.2) is 0 Å². The van der Waals surface area contributed by atoms with E-state index in [-0.39, 0.29) is 0 Å². The number of hydrogen-bond acceptors (Lipinski definition) is 0. The van der Waals surface area contributed by atoms with Crippen molar-refractivity contribution >= 4 is 0 Å². The van der Waals surface area contributed by atoms with Gasteiger partial charge in [0, 0.05) is 0 Å². The van der Waals surface area contributed by atoms with Gasteiger partial charge >= 0.3 is 0 Å². The van der Waals surface area contributed by atoms with E-state index in [4.69, 9.17) is 0 Å². The molecule has 0 heteroatoms. The Morgan fingerprint density at radius 3 is 0.692 bits per heavy atom. The van der Waals surface area contributed by atoms with Crippen LogP contribution in [-0.2, 0) is 0 Å². The first-order chi connectivity index (χ1) is 12.5. The SMILES string of the molecule is CC.CC.CC.CC(C)C.CC1CC1.CCC.CCC.c1ccccc1. The lowest BCUT2D eigenvalue weighted by Gasteiger charge is -1.79. The van der Waals surface area contributed by atoms with E-state index < -0.39 is 0 Å². The smallest absolute Gasteiger partial charge is 0.0443 e. The van der Waals surface area contributed by atoms with Crippen molar-refractivity contribution in [1.82, 2.24) is 0 Å². The summed E-state index contributed by atoms with van der Waals surface area (Å²) in [6.45, 7) is 29.3. The molecule has 0 aliphatic heterocycles. The highest BCUT2D eigenvalue weighted by Gasteiger charge is 2.12. The third kappa shape index (κ3) is 170. The zero-order valence-corrected chi connectivity index (χ0v) is 21.4. The molecule has 162 valence electrons. The van der Waals surface area contributed by atoms with E-state index in [9.17, 15) is 0 Å². The second kappa shape index (κ2) is 56.4. The van der Waals surface area contributed by atoms with Gasteiger partial charge in [-0.05, 0) is 11.8 Å². The highest BCUT2D eigenvalue weighted by molar-refractivity contribution is 4.99. The summed E-state index contributed by atoms with van der Waals surface area (Å²) in [5, 5.41) is 0. The molecule has 26 heavy (non-hydrogen) atoms. The molecule has 0 saturated heterocycles. The molecule has 1 aliphatic carbocycles. The van der Waals surface area contributed by atoms with Gasteiger partial charge in [0.05, 0.1) is 0 Å². The van der Waals surface area contributed by atoms with Crippen molar-refractivity contribution < 1.29 is 0 Å². The van der Waals surface area contributed by atoms with Gasteiger partial charge in [-0.25, -0.2) is 0 Å². The monoisotopic (exact) mass is 370 g/mol. The summed E-state index contributed by atoms with van der Waals surface area (Å²) in [5.41, 5.74) is 0. The fourth-order valence-corrected chi connectivity index (χ4v) is 0.552. The summed E-state index contributed by atoms with van der Waals surface area (Å²) in [4.78, 5) is 0. The van der Waals surface area contributed by atoms with Crippen LogP contribution in [0.25, 0.3) is 0 Å². The molecule has 1 aliphatic rings. The van der Waals surface area contributed by atoms with E-state index in [0.717, 1.165) is 11.8 Å². The molecular weight excluding hydrogens is 312 g/mol. The van der Waals surface area contributed by atoms with Crippen LogP contribution >= 0.6 is 0 Å². The molecule has 0 heterocycles. The molecule has 1 aromatic rings. The van der Waals surface area contributed by atoms with E-state index in [2.05, 4.69) is 55.4 Å². The van der Waals surface area contributed by atoms with Gasteiger partial charge in [-0.1, -0.05) is 159 Å². The van der Waals surface area contributed by atoms with Gasteiger partial charge in [-0.15, -0.1) is 0 Å². The highest BCUT2D eigenvalue weighted by atomic mass is 14.2. The van der Waals surface area contributed by atoms with Crippen molar-refractivity contribution in [1.29, 1.82) is 0 Å². The topological polar surface area (TPSA) is 0 Å². The number of benzene rings is 1. The maximum Gasteiger partial charge on any atom is -0.0443 e. The quantitative estimate of drug-likeness (QED) is 0.426. The Bertz CT molecular complexity index is 177. The average Bonchev–Trinajstić information content (AvgIpc) is 3.45. The van der Waals surface area contributed by atoms with E-state index in [0.29, 0.717) is 0 Å². The lowest BCUT2D eigenvalue weighted by atomic mass is 10.3. The molecule has 0 N–H and O–H groups in total. The molecule has 1 saturated carbocycles. The lowest BCUT2D eigenvalue weighted by molar-refractivity contribution is 0.737. The summed E-state index contributed by atoms with van der Waals surface area (Å²) in [6, 6.07) is 12.0. The predicted octanol–water partition coefficient (Wildman–Crippen LogP) is 10.7. The Morgan fingerprint density at radius 1 is 0.577 bits per heavy atom. The standard InChI is InChI=1S/C6H6.C4H8.C4H10.2C3H8.3C2H6/c1-2-4-6-5-3-1;1-4-2-3-4;1-4(2)3;2*1-3-2;3*1-2/h1-6H;4H,2-3H2,1H3;4H,1-3H3;2*3H2,1-2H3;3*1-2H3. The van der Waals surface area contributed by atoms with Gasteiger partial charge < -0.3 is 0 Å². The summed E-state index contributed by atoms with van der Waals surface area (Å²) in [6.07, 6.45) is 5.47. The Morgan fingerprint density at radius 2 is 0.654 bits per heavy atom. The van der Waals surface area contributed by atoms with E-state index in [1.54, 1.807) is 0 Å². The van der Waals surface area contributed by atoms with Crippen LogP contribution < -0.4 is 0 Å². The van der Waals surface area contributed by atoms with Crippen LogP contribution in [0.3, 0.4) is 0 Å². The highest BCUT2D eigenvalue weighted by Crippen LogP contribution is 2.26. The average molecular weight is 371 g/mol. The van der Waals surface area contributed by atoms with Crippen LogP contribution in [0.2, 0.25) is 0 Å². The third-order valence-corrected chi connectivity index (χ3v) is 1.53. The van der Waals surface area contributed by atoms with Crippen molar-refractivity contribution in [3.63, 3.8) is 0 Å². The molecular formula is C26H58. The Balaban J connectivity index is -0.0000000459. The fourth-order valence-electron chi connectivity index (χ4n) is 0.552. The molecule has 0 amide bonds. The molecule has 0 nitrogen and oxygen atoms in total. The maximum absolute atomic E-state index is 2.28. The number of hydrogen-bond donors (Lipinski definition) is 0. The minimum atomic E-state index is 0.833. The predicted molar refractivity (Wildman–Crippen MR) is 131 cm³/mol. The van der Waals surface area contributed by atoms with Crippen molar-refractivity contribution in [2.45, 2.75) is 123 Å². The minimum Gasteiger partial charge on any atom is -0.0683 e. The van der Waals surface area contributed by atoms with E-state index >= 15 is 0 Å². The number of rotatable bonds is 0. The third-order valence-electron chi connectivity index (χ3n) is 1.53. The van der Waals surface area contributed by atoms with Crippen LogP contribution in [0.1, 0.15) is 123 Å². The molecule has 2 rings (SSSR count). The Labute approximate surface area is 171 Å². The van der Waals surface area contributed by atoms with Gasteiger partial charge in [0.2, 0.25) is 0 Å². The van der Waals surface area contributed by atoms with Gasteiger partial charge in [0.25, 0.3) is 0 Å². The fraction of sp³-hybridized carbons (Fsp3) is 0.769.